The molecule has 0 spiro atoms. The predicted molar refractivity (Wildman–Crippen MR) is 60.1 cm³/mol. The predicted octanol–water partition coefficient (Wildman–Crippen LogP) is 1.33. The summed E-state index contributed by atoms with van der Waals surface area (Å²) in [5.41, 5.74) is 1.93. The first-order valence-corrected chi connectivity index (χ1v) is 5.45. The van der Waals surface area contributed by atoms with E-state index in [0.717, 1.165) is 11.3 Å². The Labute approximate surface area is 99.4 Å². The second kappa shape index (κ2) is 7.24. The van der Waals surface area contributed by atoms with E-state index in [-0.39, 0.29) is 6.61 Å². The van der Waals surface area contributed by atoms with Gasteiger partial charge in [0.2, 0.25) is 0 Å². The lowest BCUT2D eigenvalue weighted by Gasteiger charge is -2.06. The summed E-state index contributed by atoms with van der Waals surface area (Å²) in [5.74, 6) is 0.622. The highest BCUT2D eigenvalue weighted by atomic mass is 19.3. The molecule has 0 saturated heterocycles. The van der Waals surface area contributed by atoms with Crippen LogP contribution in [0.4, 0.5) is 8.78 Å². The van der Waals surface area contributed by atoms with Gasteiger partial charge in [-0.1, -0.05) is 0 Å². The SMILES string of the molecule is CNCc1cnc(CCOCC(F)F)nc1C. The van der Waals surface area contributed by atoms with E-state index < -0.39 is 13.0 Å². The number of aryl methyl sites for hydroxylation is 1. The van der Waals surface area contributed by atoms with E-state index >= 15 is 0 Å². The molecule has 1 aromatic heterocycles. The average Bonchev–Trinajstić information content (AvgIpc) is 2.28. The first-order chi connectivity index (χ1) is 8.13. The number of rotatable bonds is 7. The normalized spacial score (nSPS) is 11.1. The van der Waals surface area contributed by atoms with Crippen LogP contribution in [-0.2, 0) is 17.7 Å². The summed E-state index contributed by atoms with van der Waals surface area (Å²) < 4.78 is 28.4. The van der Waals surface area contributed by atoms with Crippen molar-refractivity contribution in [1.29, 1.82) is 0 Å². The van der Waals surface area contributed by atoms with Crippen molar-refractivity contribution in [2.24, 2.45) is 0 Å². The molecule has 1 N–H and O–H groups in total. The smallest absolute Gasteiger partial charge is 0.261 e. The van der Waals surface area contributed by atoms with Gasteiger partial charge in [-0.25, -0.2) is 18.7 Å². The molecule has 0 fully saturated rings. The molecule has 0 bridgehead atoms. The minimum absolute atomic E-state index is 0.217. The van der Waals surface area contributed by atoms with Gasteiger partial charge in [0.25, 0.3) is 6.43 Å². The molecule has 0 atom stereocenters. The number of aromatic nitrogens is 2. The summed E-state index contributed by atoms with van der Waals surface area (Å²) in [6.45, 7) is 2.30. The van der Waals surface area contributed by atoms with Crippen molar-refractivity contribution >= 4 is 0 Å². The minimum Gasteiger partial charge on any atom is -0.375 e. The van der Waals surface area contributed by atoms with Gasteiger partial charge in [-0.2, -0.15) is 0 Å². The highest BCUT2D eigenvalue weighted by Gasteiger charge is 2.05. The molecule has 0 radical (unpaired) electrons. The Morgan fingerprint density at radius 2 is 2.24 bits per heavy atom. The molecule has 0 unspecified atom stereocenters. The maximum absolute atomic E-state index is 11.8. The van der Waals surface area contributed by atoms with Gasteiger partial charge in [0.15, 0.2) is 0 Å². The maximum atomic E-state index is 11.8. The van der Waals surface area contributed by atoms with Crippen LogP contribution in [-0.4, -0.2) is 36.7 Å². The van der Waals surface area contributed by atoms with Crippen molar-refractivity contribution in [3.8, 4) is 0 Å². The lowest BCUT2D eigenvalue weighted by Crippen LogP contribution is -2.12. The van der Waals surface area contributed by atoms with E-state index in [1.54, 1.807) is 6.20 Å². The number of hydrogen-bond donors (Lipinski definition) is 1. The molecule has 1 aromatic rings. The molecule has 6 heteroatoms. The van der Waals surface area contributed by atoms with Gasteiger partial charge in [-0.15, -0.1) is 0 Å². The first kappa shape index (κ1) is 13.9. The molecule has 1 rings (SSSR count). The van der Waals surface area contributed by atoms with Gasteiger partial charge in [0.1, 0.15) is 12.4 Å². The lowest BCUT2D eigenvalue weighted by atomic mass is 10.2. The topological polar surface area (TPSA) is 47.0 Å². The Bertz CT molecular complexity index is 347. The van der Waals surface area contributed by atoms with Gasteiger partial charge >= 0.3 is 0 Å². The quantitative estimate of drug-likeness (QED) is 0.736. The Morgan fingerprint density at radius 1 is 1.47 bits per heavy atom. The number of hydrogen-bond acceptors (Lipinski definition) is 4. The van der Waals surface area contributed by atoms with Crippen molar-refractivity contribution in [2.75, 3.05) is 20.3 Å². The van der Waals surface area contributed by atoms with E-state index in [4.69, 9.17) is 4.74 Å². The van der Waals surface area contributed by atoms with E-state index in [9.17, 15) is 8.78 Å². The molecule has 0 amide bonds. The number of ether oxygens (including phenoxy) is 1. The van der Waals surface area contributed by atoms with Gasteiger partial charge in [-0.3, -0.25) is 0 Å². The molecule has 0 saturated carbocycles. The molecule has 96 valence electrons. The molecule has 0 aliphatic rings. The molecule has 1 heterocycles. The molecular formula is C11H17F2N3O. The van der Waals surface area contributed by atoms with Crippen LogP contribution in [0.3, 0.4) is 0 Å². The Balaban J connectivity index is 2.41. The number of nitrogens with zero attached hydrogens (tertiary/aromatic N) is 2. The number of halogens is 2. The fraction of sp³-hybridized carbons (Fsp3) is 0.636. The molecule has 17 heavy (non-hydrogen) atoms. The van der Waals surface area contributed by atoms with E-state index in [0.29, 0.717) is 18.8 Å². The summed E-state index contributed by atoms with van der Waals surface area (Å²) in [6.07, 6.45) is -0.218. The summed E-state index contributed by atoms with van der Waals surface area (Å²) in [6, 6.07) is 0. The Morgan fingerprint density at radius 3 is 2.82 bits per heavy atom. The number of alkyl halides is 2. The van der Waals surface area contributed by atoms with Gasteiger partial charge in [0, 0.05) is 30.4 Å². The van der Waals surface area contributed by atoms with Crippen molar-refractivity contribution in [1.82, 2.24) is 15.3 Å². The molecule has 0 aromatic carbocycles. The highest BCUT2D eigenvalue weighted by molar-refractivity contribution is 5.15. The van der Waals surface area contributed by atoms with Gasteiger partial charge in [0.05, 0.1) is 6.61 Å². The van der Waals surface area contributed by atoms with Crippen LogP contribution in [0.1, 0.15) is 17.1 Å². The average molecular weight is 245 g/mol. The zero-order valence-electron chi connectivity index (χ0n) is 10.0. The van der Waals surface area contributed by atoms with Crippen LogP contribution < -0.4 is 5.32 Å². The van der Waals surface area contributed by atoms with Crippen molar-refractivity contribution in [3.05, 3.63) is 23.3 Å². The van der Waals surface area contributed by atoms with Crippen molar-refractivity contribution < 1.29 is 13.5 Å². The van der Waals surface area contributed by atoms with Crippen LogP contribution in [0.5, 0.6) is 0 Å². The van der Waals surface area contributed by atoms with Crippen LogP contribution >= 0.6 is 0 Å². The zero-order valence-corrected chi connectivity index (χ0v) is 10.0. The van der Waals surface area contributed by atoms with E-state index in [1.165, 1.54) is 0 Å². The summed E-state index contributed by atoms with van der Waals surface area (Å²) in [7, 11) is 1.85. The Hall–Kier alpha value is -1.14. The molecule has 0 aliphatic heterocycles. The van der Waals surface area contributed by atoms with Crippen LogP contribution in [0.2, 0.25) is 0 Å². The Kier molecular flexibility index (Phi) is 5.93. The third-order valence-corrected chi connectivity index (χ3v) is 2.21. The first-order valence-electron chi connectivity index (χ1n) is 5.45. The molecule has 4 nitrogen and oxygen atoms in total. The van der Waals surface area contributed by atoms with E-state index in [1.807, 2.05) is 14.0 Å². The minimum atomic E-state index is -2.42. The van der Waals surface area contributed by atoms with Crippen molar-refractivity contribution in [2.45, 2.75) is 26.3 Å². The summed E-state index contributed by atoms with van der Waals surface area (Å²) in [5, 5.41) is 3.02. The highest BCUT2D eigenvalue weighted by Crippen LogP contribution is 2.04. The second-order valence-corrected chi connectivity index (χ2v) is 3.64. The van der Waals surface area contributed by atoms with Crippen molar-refractivity contribution in [3.63, 3.8) is 0 Å². The third kappa shape index (κ3) is 5.14. The van der Waals surface area contributed by atoms with Gasteiger partial charge in [-0.05, 0) is 14.0 Å². The summed E-state index contributed by atoms with van der Waals surface area (Å²) in [4.78, 5) is 8.45. The lowest BCUT2D eigenvalue weighted by molar-refractivity contribution is 0.0182. The fourth-order valence-corrected chi connectivity index (χ4v) is 1.36. The van der Waals surface area contributed by atoms with Crippen LogP contribution in [0.15, 0.2) is 6.20 Å². The monoisotopic (exact) mass is 245 g/mol. The molecule has 0 aliphatic carbocycles. The second-order valence-electron chi connectivity index (χ2n) is 3.64. The number of nitrogens with one attached hydrogen (secondary N) is 1. The standard InChI is InChI=1S/C11H17F2N3O/c1-8-9(5-14-2)6-15-11(16-8)3-4-17-7-10(12)13/h6,10,14H,3-5,7H2,1-2H3. The van der Waals surface area contributed by atoms with Gasteiger partial charge < -0.3 is 10.1 Å². The summed E-state index contributed by atoms with van der Waals surface area (Å²) >= 11 is 0. The fourth-order valence-electron chi connectivity index (χ4n) is 1.36. The van der Waals surface area contributed by atoms with Crippen LogP contribution in [0.25, 0.3) is 0 Å². The van der Waals surface area contributed by atoms with E-state index in [2.05, 4.69) is 15.3 Å². The molecular weight excluding hydrogens is 228 g/mol. The largest absolute Gasteiger partial charge is 0.375 e. The van der Waals surface area contributed by atoms with Crippen LogP contribution in [0, 0.1) is 6.92 Å². The maximum Gasteiger partial charge on any atom is 0.261 e. The third-order valence-electron chi connectivity index (χ3n) is 2.21. The zero-order chi connectivity index (χ0) is 12.7.